The van der Waals surface area contributed by atoms with Gasteiger partial charge in [-0.05, 0) is 78.4 Å². The zero-order valence-corrected chi connectivity index (χ0v) is 20.9. The Morgan fingerprint density at radius 3 is 2.55 bits per heavy atom. The standard InChI is InChI=1S/C28H29NO3S/c1-8-19(16(3)29-32-18(5)30)12-22-17(4)33-27-15-23-21-11-10-20(31-7)13-25(21)28(6,9-2)26(23)14-24(22)27/h8,10-15H,4,9H2,1-3,5-7H3. The van der Waals surface area contributed by atoms with Crippen LogP contribution in [0.5, 0.6) is 5.75 Å². The molecule has 1 aliphatic carbocycles. The highest BCUT2D eigenvalue weighted by molar-refractivity contribution is 7.17. The molecule has 1 aromatic heterocycles. The molecule has 2 aromatic carbocycles. The topological polar surface area (TPSA) is 47.9 Å². The van der Waals surface area contributed by atoms with Gasteiger partial charge in [-0.1, -0.05) is 37.7 Å². The van der Waals surface area contributed by atoms with Gasteiger partial charge in [-0.3, -0.25) is 0 Å². The molecule has 4 rings (SSSR count). The highest BCUT2D eigenvalue weighted by Gasteiger charge is 2.38. The van der Waals surface area contributed by atoms with Crippen molar-refractivity contribution in [3.63, 3.8) is 0 Å². The maximum Gasteiger partial charge on any atom is 0.331 e. The summed E-state index contributed by atoms with van der Waals surface area (Å²) in [4.78, 5) is 16.0. The van der Waals surface area contributed by atoms with Gasteiger partial charge < -0.3 is 9.57 Å². The molecule has 1 unspecified atom stereocenters. The number of benzene rings is 2. The SMILES string of the molecule is C=c1sc2cc3c(cc2c1=CC(=CC)C(C)=NOC(C)=O)C(C)(CC)c1cc(OC)ccc1-3. The lowest BCUT2D eigenvalue weighted by Gasteiger charge is -2.26. The van der Waals surface area contributed by atoms with Gasteiger partial charge in [0.05, 0.1) is 12.8 Å². The molecule has 170 valence electrons. The molecular weight excluding hydrogens is 430 g/mol. The molecule has 0 saturated heterocycles. The van der Waals surface area contributed by atoms with E-state index in [1.165, 1.54) is 39.3 Å². The summed E-state index contributed by atoms with van der Waals surface area (Å²) in [5, 5.41) is 6.22. The van der Waals surface area contributed by atoms with E-state index in [2.05, 4.69) is 55.9 Å². The number of thiophene rings is 1. The van der Waals surface area contributed by atoms with Gasteiger partial charge in [0.25, 0.3) is 0 Å². The molecule has 1 aliphatic rings. The van der Waals surface area contributed by atoms with E-state index >= 15 is 0 Å². The Balaban J connectivity index is 1.94. The van der Waals surface area contributed by atoms with Gasteiger partial charge in [-0.15, -0.1) is 11.3 Å². The number of oxime groups is 1. The molecule has 33 heavy (non-hydrogen) atoms. The number of rotatable bonds is 5. The molecule has 0 spiro atoms. The number of allylic oxidation sites excluding steroid dienone is 2. The monoisotopic (exact) mass is 459 g/mol. The van der Waals surface area contributed by atoms with Crippen LogP contribution in [0.25, 0.3) is 33.9 Å². The molecule has 0 radical (unpaired) electrons. The first-order chi connectivity index (χ1) is 15.7. The molecule has 1 heterocycles. The quantitative estimate of drug-likeness (QED) is 0.280. The van der Waals surface area contributed by atoms with Crippen LogP contribution in [0, 0.1) is 0 Å². The number of carbonyl (C=O) groups excluding carboxylic acids is 1. The first-order valence-corrected chi connectivity index (χ1v) is 11.9. The Bertz CT molecular complexity index is 1440. The lowest BCUT2D eigenvalue weighted by Crippen LogP contribution is -2.21. The van der Waals surface area contributed by atoms with E-state index in [4.69, 9.17) is 9.57 Å². The molecule has 0 amide bonds. The maximum absolute atomic E-state index is 11.2. The average molecular weight is 460 g/mol. The molecule has 0 fully saturated rings. The van der Waals surface area contributed by atoms with Gasteiger partial charge in [0.15, 0.2) is 0 Å². The number of ether oxygens (including phenoxy) is 1. The first-order valence-electron chi connectivity index (χ1n) is 11.1. The van der Waals surface area contributed by atoms with E-state index in [1.807, 2.05) is 26.0 Å². The summed E-state index contributed by atoms with van der Waals surface area (Å²) in [5.41, 5.74) is 6.66. The molecular formula is C28H29NO3S. The predicted molar refractivity (Wildman–Crippen MR) is 138 cm³/mol. The third-order valence-corrected chi connectivity index (χ3v) is 7.72. The van der Waals surface area contributed by atoms with Gasteiger partial charge >= 0.3 is 5.97 Å². The number of hydrogen-bond acceptors (Lipinski definition) is 5. The number of carbonyl (C=O) groups is 1. The second-order valence-electron chi connectivity index (χ2n) is 8.58. The fraction of sp³-hybridized carbons (Fsp3) is 0.286. The second-order valence-corrected chi connectivity index (χ2v) is 9.71. The Morgan fingerprint density at radius 2 is 1.91 bits per heavy atom. The molecule has 0 saturated carbocycles. The molecule has 0 aliphatic heterocycles. The van der Waals surface area contributed by atoms with Crippen molar-refractivity contribution >= 4 is 45.8 Å². The second kappa shape index (κ2) is 8.64. The van der Waals surface area contributed by atoms with Crippen LogP contribution in [0.4, 0.5) is 0 Å². The van der Waals surface area contributed by atoms with E-state index in [9.17, 15) is 4.79 Å². The van der Waals surface area contributed by atoms with E-state index in [0.29, 0.717) is 5.71 Å². The summed E-state index contributed by atoms with van der Waals surface area (Å²) in [6.45, 7) is 14.0. The van der Waals surface area contributed by atoms with Crippen LogP contribution in [0.1, 0.15) is 52.2 Å². The van der Waals surface area contributed by atoms with Crippen molar-refractivity contribution in [2.24, 2.45) is 5.16 Å². The van der Waals surface area contributed by atoms with Crippen LogP contribution in [-0.4, -0.2) is 18.8 Å². The number of fused-ring (bicyclic) bond motifs is 4. The van der Waals surface area contributed by atoms with E-state index in [1.54, 1.807) is 18.4 Å². The summed E-state index contributed by atoms with van der Waals surface area (Å²) in [6.07, 6.45) is 5.04. The van der Waals surface area contributed by atoms with Crippen molar-refractivity contribution in [3.8, 4) is 16.9 Å². The molecule has 4 nitrogen and oxygen atoms in total. The van der Waals surface area contributed by atoms with Crippen LogP contribution in [0.2, 0.25) is 0 Å². The smallest absolute Gasteiger partial charge is 0.331 e. The number of hydrogen-bond donors (Lipinski definition) is 0. The number of nitrogens with zero attached hydrogens (tertiary/aromatic N) is 1. The van der Waals surface area contributed by atoms with E-state index < -0.39 is 5.97 Å². The fourth-order valence-electron chi connectivity index (χ4n) is 4.66. The van der Waals surface area contributed by atoms with Gasteiger partial charge in [-0.25, -0.2) is 4.79 Å². The molecule has 5 heteroatoms. The van der Waals surface area contributed by atoms with Gasteiger partial charge in [0, 0.05) is 32.2 Å². The Kier molecular flexibility index (Phi) is 6.02. The maximum atomic E-state index is 11.2. The average Bonchev–Trinajstić information content (AvgIpc) is 3.24. The lowest BCUT2D eigenvalue weighted by atomic mass is 9.77. The largest absolute Gasteiger partial charge is 0.497 e. The van der Waals surface area contributed by atoms with Gasteiger partial charge in [0.2, 0.25) is 0 Å². The van der Waals surface area contributed by atoms with Gasteiger partial charge in [0.1, 0.15) is 5.75 Å². The van der Waals surface area contributed by atoms with Crippen LogP contribution >= 0.6 is 11.3 Å². The third-order valence-electron chi connectivity index (χ3n) is 6.70. The van der Waals surface area contributed by atoms with Crippen molar-refractivity contribution in [2.75, 3.05) is 7.11 Å². The summed E-state index contributed by atoms with van der Waals surface area (Å²) >= 11 is 1.70. The zero-order valence-electron chi connectivity index (χ0n) is 20.0. The minimum absolute atomic E-state index is 0.0932. The summed E-state index contributed by atoms with van der Waals surface area (Å²) in [5.74, 6) is 0.451. The Labute approximate surface area is 198 Å². The van der Waals surface area contributed by atoms with Crippen LogP contribution in [0.15, 0.2) is 47.1 Å². The van der Waals surface area contributed by atoms with E-state index in [-0.39, 0.29) is 5.41 Å². The van der Waals surface area contributed by atoms with Crippen molar-refractivity contribution in [3.05, 3.63) is 62.9 Å². The van der Waals surface area contributed by atoms with Crippen LogP contribution < -0.4 is 14.5 Å². The van der Waals surface area contributed by atoms with Crippen molar-refractivity contribution in [2.45, 2.75) is 46.5 Å². The minimum atomic E-state index is -0.436. The first kappa shape index (κ1) is 23.0. The summed E-state index contributed by atoms with van der Waals surface area (Å²) < 4.78 is 7.73. The molecule has 0 N–H and O–H groups in total. The highest BCUT2D eigenvalue weighted by Crippen LogP contribution is 2.52. The van der Waals surface area contributed by atoms with Crippen molar-refractivity contribution in [1.29, 1.82) is 0 Å². The summed E-state index contributed by atoms with van der Waals surface area (Å²) in [7, 11) is 1.71. The molecule has 3 aromatic rings. The fourth-order valence-corrected chi connectivity index (χ4v) is 5.66. The normalized spacial score (nSPS) is 18.4. The molecule has 0 bridgehead atoms. The lowest BCUT2D eigenvalue weighted by molar-refractivity contribution is -0.140. The zero-order chi connectivity index (χ0) is 23.9. The highest BCUT2D eigenvalue weighted by atomic mass is 32.1. The van der Waals surface area contributed by atoms with Crippen molar-refractivity contribution in [1.82, 2.24) is 0 Å². The molecule has 1 atom stereocenters. The van der Waals surface area contributed by atoms with Gasteiger partial charge in [-0.2, -0.15) is 0 Å². The Hall–Kier alpha value is -3.18. The summed E-state index contributed by atoms with van der Waals surface area (Å²) in [6, 6.07) is 11.0. The number of methoxy groups -OCH3 is 1. The van der Waals surface area contributed by atoms with E-state index in [0.717, 1.165) is 27.5 Å². The Morgan fingerprint density at radius 1 is 1.18 bits per heavy atom. The minimum Gasteiger partial charge on any atom is -0.497 e. The van der Waals surface area contributed by atoms with Crippen LogP contribution in [0.3, 0.4) is 0 Å². The predicted octanol–water partition coefficient (Wildman–Crippen LogP) is 5.68. The van der Waals surface area contributed by atoms with Crippen molar-refractivity contribution < 1.29 is 14.4 Å². The van der Waals surface area contributed by atoms with Crippen LogP contribution in [-0.2, 0) is 15.0 Å². The third kappa shape index (κ3) is 3.80.